The largest absolute Gasteiger partial charge is 0.484 e. The van der Waals surface area contributed by atoms with E-state index in [1.54, 1.807) is 13.8 Å². The first-order chi connectivity index (χ1) is 11.1. The van der Waals surface area contributed by atoms with E-state index in [2.05, 4.69) is 15.4 Å². The predicted molar refractivity (Wildman–Crippen MR) is 82.4 cm³/mol. The van der Waals surface area contributed by atoms with Gasteiger partial charge in [-0.25, -0.2) is 0 Å². The Balaban J connectivity index is 2.43. The van der Waals surface area contributed by atoms with Crippen molar-refractivity contribution in [1.29, 1.82) is 0 Å². The van der Waals surface area contributed by atoms with Crippen molar-refractivity contribution in [2.24, 2.45) is 11.7 Å². The quantitative estimate of drug-likeness (QED) is 0.699. The highest BCUT2D eigenvalue weighted by atomic mass is 19.4. The topological polar surface area (TPSA) is 93.5 Å². The summed E-state index contributed by atoms with van der Waals surface area (Å²) in [5.41, 5.74) is 6.00. The van der Waals surface area contributed by atoms with Crippen molar-refractivity contribution in [3.8, 4) is 5.75 Å². The Morgan fingerprint density at radius 3 is 2.29 bits per heavy atom. The maximum Gasteiger partial charge on any atom is 0.422 e. The van der Waals surface area contributed by atoms with E-state index in [0.29, 0.717) is 5.69 Å². The number of hydrogen-bond donors (Lipinski definition) is 3. The van der Waals surface area contributed by atoms with Gasteiger partial charge in [-0.2, -0.15) is 13.2 Å². The molecule has 0 aliphatic carbocycles. The Kier molecular flexibility index (Phi) is 7.02. The van der Waals surface area contributed by atoms with Crippen LogP contribution < -0.4 is 21.1 Å². The molecular weight excluding hydrogens is 327 g/mol. The number of benzene rings is 1. The maximum atomic E-state index is 12.0. The molecule has 0 fully saturated rings. The fraction of sp³-hybridized carbons (Fsp3) is 0.467. The van der Waals surface area contributed by atoms with Gasteiger partial charge in [-0.05, 0) is 30.2 Å². The van der Waals surface area contributed by atoms with Gasteiger partial charge in [-0.15, -0.1) is 0 Å². The minimum Gasteiger partial charge on any atom is -0.484 e. The normalized spacial score (nSPS) is 12.6. The molecular formula is C15H20F3N3O3. The van der Waals surface area contributed by atoms with Crippen LogP contribution in [-0.4, -0.2) is 37.2 Å². The van der Waals surface area contributed by atoms with Gasteiger partial charge in [-0.1, -0.05) is 13.8 Å². The van der Waals surface area contributed by atoms with Crippen molar-refractivity contribution in [3.63, 3.8) is 0 Å². The van der Waals surface area contributed by atoms with Crippen molar-refractivity contribution < 1.29 is 27.5 Å². The van der Waals surface area contributed by atoms with Crippen molar-refractivity contribution >= 4 is 17.5 Å². The number of carbonyl (C=O) groups excluding carboxylic acids is 2. The van der Waals surface area contributed by atoms with Crippen LogP contribution in [0.2, 0.25) is 0 Å². The summed E-state index contributed by atoms with van der Waals surface area (Å²) >= 11 is 0. The monoisotopic (exact) mass is 347 g/mol. The third kappa shape index (κ3) is 7.32. The SMILES string of the molecule is CC(C)[C@H](N)C(=O)NCC(=O)Nc1ccc(OCC(F)(F)F)cc1. The molecule has 0 aromatic heterocycles. The molecule has 9 heteroatoms. The summed E-state index contributed by atoms with van der Waals surface area (Å²) < 4.78 is 40.6. The smallest absolute Gasteiger partial charge is 0.422 e. The summed E-state index contributed by atoms with van der Waals surface area (Å²) in [5, 5.41) is 4.90. The molecule has 24 heavy (non-hydrogen) atoms. The molecule has 0 saturated heterocycles. The first-order valence-corrected chi connectivity index (χ1v) is 7.21. The maximum absolute atomic E-state index is 12.0. The summed E-state index contributed by atoms with van der Waals surface area (Å²) in [6.07, 6.45) is -4.41. The number of amides is 2. The van der Waals surface area contributed by atoms with Gasteiger partial charge < -0.3 is 21.1 Å². The molecule has 1 atom stereocenters. The second kappa shape index (κ2) is 8.53. The first kappa shape index (κ1) is 19.8. The zero-order valence-corrected chi connectivity index (χ0v) is 13.3. The molecule has 134 valence electrons. The van der Waals surface area contributed by atoms with E-state index < -0.39 is 30.6 Å². The number of halogens is 3. The van der Waals surface area contributed by atoms with Crippen LogP contribution in [0.25, 0.3) is 0 Å². The molecule has 2 amide bonds. The third-order valence-electron chi connectivity index (χ3n) is 2.98. The van der Waals surface area contributed by atoms with Crippen LogP contribution in [0.5, 0.6) is 5.75 Å². The van der Waals surface area contributed by atoms with Gasteiger partial charge in [0.1, 0.15) is 5.75 Å². The first-order valence-electron chi connectivity index (χ1n) is 7.21. The van der Waals surface area contributed by atoms with E-state index in [1.807, 2.05) is 0 Å². The van der Waals surface area contributed by atoms with Gasteiger partial charge in [-0.3, -0.25) is 9.59 Å². The van der Waals surface area contributed by atoms with Gasteiger partial charge in [0, 0.05) is 5.69 Å². The second-order valence-electron chi connectivity index (χ2n) is 5.46. The Morgan fingerprint density at radius 2 is 1.79 bits per heavy atom. The summed E-state index contributed by atoms with van der Waals surface area (Å²) in [6, 6.07) is 4.68. The van der Waals surface area contributed by atoms with Crippen LogP contribution in [-0.2, 0) is 9.59 Å². The van der Waals surface area contributed by atoms with Gasteiger partial charge in [0.2, 0.25) is 11.8 Å². The fourth-order valence-corrected chi connectivity index (χ4v) is 1.59. The van der Waals surface area contributed by atoms with Crippen LogP contribution in [0.3, 0.4) is 0 Å². The van der Waals surface area contributed by atoms with Crippen molar-refractivity contribution in [1.82, 2.24) is 5.32 Å². The Labute approximate surface area is 137 Å². The van der Waals surface area contributed by atoms with Crippen molar-refractivity contribution in [2.45, 2.75) is 26.1 Å². The molecule has 0 unspecified atom stereocenters. The number of anilines is 1. The predicted octanol–water partition coefficient (Wildman–Crippen LogP) is 1.67. The minimum absolute atomic E-state index is 0.0292. The lowest BCUT2D eigenvalue weighted by Gasteiger charge is -2.15. The van der Waals surface area contributed by atoms with Gasteiger partial charge >= 0.3 is 6.18 Å². The van der Waals surface area contributed by atoms with E-state index in [9.17, 15) is 22.8 Å². The van der Waals surface area contributed by atoms with Crippen LogP contribution in [0.1, 0.15) is 13.8 Å². The molecule has 0 radical (unpaired) electrons. The molecule has 1 aromatic rings. The highest BCUT2D eigenvalue weighted by molar-refractivity contribution is 5.95. The Morgan fingerprint density at radius 1 is 1.21 bits per heavy atom. The molecule has 0 heterocycles. The lowest BCUT2D eigenvalue weighted by Crippen LogP contribution is -2.46. The van der Waals surface area contributed by atoms with E-state index in [4.69, 9.17) is 5.73 Å². The van der Waals surface area contributed by atoms with Gasteiger partial charge in [0.15, 0.2) is 6.61 Å². The molecule has 6 nitrogen and oxygen atoms in total. The molecule has 4 N–H and O–H groups in total. The standard InChI is InChI=1S/C15H20F3N3O3/c1-9(2)13(19)14(23)20-7-12(22)21-10-3-5-11(6-4-10)24-8-15(16,17)18/h3-6,9,13H,7-8,19H2,1-2H3,(H,20,23)(H,21,22)/t13-/m0/s1. The summed E-state index contributed by atoms with van der Waals surface area (Å²) in [5.74, 6) is -0.946. The zero-order chi connectivity index (χ0) is 18.3. The van der Waals surface area contributed by atoms with Crippen LogP contribution >= 0.6 is 0 Å². The molecule has 0 aliphatic heterocycles. The Bertz CT molecular complexity index is 559. The average molecular weight is 347 g/mol. The number of nitrogens with two attached hydrogens (primary N) is 1. The number of nitrogens with one attached hydrogen (secondary N) is 2. The van der Waals surface area contributed by atoms with Crippen molar-refractivity contribution in [2.75, 3.05) is 18.5 Å². The Hall–Kier alpha value is -2.29. The summed E-state index contributed by atoms with van der Waals surface area (Å²) in [7, 11) is 0. The lowest BCUT2D eigenvalue weighted by molar-refractivity contribution is -0.153. The van der Waals surface area contributed by atoms with E-state index >= 15 is 0 Å². The van der Waals surface area contributed by atoms with E-state index in [0.717, 1.165) is 0 Å². The molecule has 1 rings (SSSR count). The third-order valence-corrected chi connectivity index (χ3v) is 2.98. The number of alkyl halides is 3. The molecule has 0 spiro atoms. The minimum atomic E-state index is -4.41. The van der Waals surface area contributed by atoms with Gasteiger partial charge in [0.25, 0.3) is 0 Å². The van der Waals surface area contributed by atoms with E-state index in [-0.39, 0.29) is 18.2 Å². The molecule has 0 aliphatic rings. The average Bonchev–Trinajstić information content (AvgIpc) is 2.50. The summed E-state index contributed by atoms with van der Waals surface area (Å²) in [4.78, 5) is 23.3. The van der Waals surface area contributed by atoms with Gasteiger partial charge in [0.05, 0.1) is 12.6 Å². The van der Waals surface area contributed by atoms with Crippen LogP contribution in [0.4, 0.5) is 18.9 Å². The second-order valence-corrected chi connectivity index (χ2v) is 5.46. The zero-order valence-electron chi connectivity index (χ0n) is 13.3. The number of hydrogen-bond acceptors (Lipinski definition) is 4. The molecule has 0 bridgehead atoms. The number of carbonyl (C=O) groups is 2. The lowest BCUT2D eigenvalue weighted by atomic mass is 10.1. The van der Waals surface area contributed by atoms with Crippen LogP contribution in [0.15, 0.2) is 24.3 Å². The van der Waals surface area contributed by atoms with E-state index in [1.165, 1.54) is 24.3 Å². The highest BCUT2D eigenvalue weighted by Crippen LogP contribution is 2.20. The molecule has 1 aromatic carbocycles. The van der Waals surface area contributed by atoms with Crippen molar-refractivity contribution in [3.05, 3.63) is 24.3 Å². The number of ether oxygens (including phenoxy) is 1. The highest BCUT2D eigenvalue weighted by Gasteiger charge is 2.28. The van der Waals surface area contributed by atoms with Crippen LogP contribution in [0, 0.1) is 5.92 Å². The molecule has 0 saturated carbocycles. The summed E-state index contributed by atoms with van der Waals surface area (Å²) in [6.45, 7) is 1.92. The number of rotatable bonds is 7. The fourth-order valence-electron chi connectivity index (χ4n) is 1.59.